The number of nitrogens with zero attached hydrogens (tertiary/aromatic N) is 4. The molecule has 24 heavy (non-hydrogen) atoms. The number of aromatic nitrogens is 3. The fourth-order valence-corrected chi connectivity index (χ4v) is 3.11. The van der Waals surface area contributed by atoms with Crippen molar-refractivity contribution in [2.75, 3.05) is 26.1 Å². The molecule has 0 radical (unpaired) electrons. The molecule has 10 heteroatoms. The lowest BCUT2D eigenvalue weighted by Gasteiger charge is -2.12. The van der Waals surface area contributed by atoms with Gasteiger partial charge in [0, 0.05) is 19.1 Å². The second-order valence-electron chi connectivity index (χ2n) is 5.14. The Kier molecular flexibility index (Phi) is 5.92. The topological polar surface area (TPSA) is 97.3 Å². The number of ether oxygens (including phenoxy) is 1. The molecular formula is C14H18ClN5O3S. The molecule has 1 N–H and O–H groups in total. The van der Waals surface area contributed by atoms with Crippen molar-refractivity contribution < 1.29 is 13.2 Å². The van der Waals surface area contributed by atoms with E-state index in [4.69, 9.17) is 16.3 Å². The lowest BCUT2D eigenvalue weighted by Crippen LogP contribution is -2.26. The molecule has 2 rings (SSSR count). The Balaban J connectivity index is 2.10. The second kappa shape index (κ2) is 7.73. The van der Waals surface area contributed by atoms with E-state index in [1.54, 1.807) is 43.3 Å². The van der Waals surface area contributed by atoms with Crippen molar-refractivity contribution in [3.8, 4) is 6.01 Å². The van der Waals surface area contributed by atoms with Crippen molar-refractivity contribution in [1.29, 1.82) is 0 Å². The average Bonchev–Trinajstić information content (AvgIpc) is 2.52. The fourth-order valence-electron chi connectivity index (χ4n) is 1.83. The van der Waals surface area contributed by atoms with Gasteiger partial charge in [-0.3, -0.25) is 0 Å². The van der Waals surface area contributed by atoms with E-state index < -0.39 is 10.0 Å². The summed E-state index contributed by atoms with van der Waals surface area (Å²) in [6.45, 7) is -0.0668. The minimum atomic E-state index is -3.57. The van der Waals surface area contributed by atoms with Gasteiger partial charge in [-0.25, -0.2) is 13.1 Å². The van der Waals surface area contributed by atoms with Crippen molar-refractivity contribution in [2.45, 2.75) is 12.3 Å². The minimum absolute atomic E-state index is 0.0668. The Labute approximate surface area is 145 Å². The van der Waals surface area contributed by atoms with Crippen LogP contribution in [0.25, 0.3) is 0 Å². The van der Waals surface area contributed by atoms with Gasteiger partial charge >= 0.3 is 6.01 Å². The maximum absolute atomic E-state index is 12.2. The Morgan fingerprint density at radius 1 is 1.25 bits per heavy atom. The van der Waals surface area contributed by atoms with Gasteiger partial charge < -0.3 is 9.64 Å². The molecule has 2 aromatic rings. The number of nitrogens with one attached hydrogen (secondary N) is 1. The molecule has 0 unspecified atom stereocenters. The molecule has 0 spiro atoms. The van der Waals surface area contributed by atoms with Crippen molar-refractivity contribution in [3.05, 3.63) is 40.7 Å². The zero-order chi connectivity index (χ0) is 17.7. The standard InChI is InChI=1S/C14H18ClN5O3S/c1-20(2)13-17-12(18-14(19-13)23-3)8-16-24(21,22)9-10-5-4-6-11(15)7-10/h4-7,16H,8-9H2,1-3H3. The Bertz CT molecular complexity index is 814. The zero-order valence-electron chi connectivity index (χ0n) is 13.5. The highest BCUT2D eigenvalue weighted by Gasteiger charge is 2.14. The highest BCUT2D eigenvalue weighted by Crippen LogP contribution is 2.13. The molecule has 0 bridgehead atoms. The molecule has 0 atom stereocenters. The van der Waals surface area contributed by atoms with Crippen LogP contribution >= 0.6 is 11.6 Å². The van der Waals surface area contributed by atoms with Crippen LogP contribution in [0.4, 0.5) is 5.95 Å². The molecule has 0 aliphatic heterocycles. The quantitative estimate of drug-likeness (QED) is 0.781. The first-order valence-electron chi connectivity index (χ1n) is 6.97. The third-order valence-corrected chi connectivity index (χ3v) is 4.46. The third kappa shape index (κ3) is 5.29. The minimum Gasteiger partial charge on any atom is -0.467 e. The smallest absolute Gasteiger partial charge is 0.321 e. The first kappa shape index (κ1) is 18.4. The van der Waals surface area contributed by atoms with Crippen molar-refractivity contribution >= 4 is 27.6 Å². The van der Waals surface area contributed by atoms with Gasteiger partial charge in [-0.05, 0) is 17.7 Å². The second-order valence-corrected chi connectivity index (χ2v) is 7.39. The van der Waals surface area contributed by atoms with Crippen molar-refractivity contribution in [1.82, 2.24) is 19.7 Å². The number of anilines is 1. The molecule has 0 saturated carbocycles. The largest absolute Gasteiger partial charge is 0.467 e. The van der Waals surface area contributed by atoms with Crippen LogP contribution in [-0.4, -0.2) is 44.6 Å². The SMILES string of the molecule is COc1nc(CNS(=O)(=O)Cc2cccc(Cl)c2)nc(N(C)C)n1. The van der Waals surface area contributed by atoms with Crippen LogP contribution in [0.5, 0.6) is 6.01 Å². The maximum Gasteiger partial charge on any atom is 0.321 e. The molecule has 1 aromatic carbocycles. The predicted octanol–water partition coefficient (Wildman–Crippen LogP) is 1.22. The summed E-state index contributed by atoms with van der Waals surface area (Å²) in [5.41, 5.74) is 0.595. The summed E-state index contributed by atoms with van der Waals surface area (Å²) < 4.78 is 31.9. The molecular weight excluding hydrogens is 354 g/mol. The monoisotopic (exact) mass is 371 g/mol. The van der Waals surface area contributed by atoms with E-state index >= 15 is 0 Å². The van der Waals surface area contributed by atoms with Crippen molar-refractivity contribution in [3.63, 3.8) is 0 Å². The van der Waals surface area contributed by atoms with Gasteiger partial charge in [0.2, 0.25) is 16.0 Å². The number of hydrogen-bond donors (Lipinski definition) is 1. The zero-order valence-corrected chi connectivity index (χ0v) is 15.1. The summed E-state index contributed by atoms with van der Waals surface area (Å²) in [6, 6.07) is 6.81. The number of benzene rings is 1. The molecule has 0 aliphatic rings. The Hall–Kier alpha value is -1.97. The van der Waals surface area contributed by atoms with Gasteiger partial charge in [0.1, 0.15) is 0 Å². The van der Waals surface area contributed by atoms with E-state index in [1.165, 1.54) is 7.11 Å². The van der Waals surface area contributed by atoms with Gasteiger partial charge in [0.25, 0.3) is 0 Å². The molecule has 1 aromatic heterocycles. The van der Waals surface area contributed by atoms with Crippen LogP contribution < -0.4 is 14.4 Å². The van der Waals surface area contributed by atoms with Gasteiger partial charge in [-0.15, -0.1) is 0 Å². The summed E-state index contributed by atoms with van der Waals surface area (Å²) in [4.78, 5) is 14.0. The fraction of sp³-hybridized carbons (Fsp3) is 0.357. The van der Waals surface area contributed by atoms with E-state index in [-0.39, 0.29) is 24.1 Å². The van der Waals surface area contributed by atoms with Gasteiger partial charge in [-0.2, -0.15) is 15.0 Å². The number of halogens is 1. The normalized spacial score (nSPS) is 11.3. The van der Waals surface area contributed by atoms with Crippen LogP contribution in [-0.2, 0) is 22.3 Å². The summed E-state index contributed by atoms with van der Waals surface area (Å²) >= 11 is 5.87. The highest BCUT2D eigenvalue weighted by molar-refractivity contribution is 7.88. The predicted molar refractivity (Wildman–Crippen MR) is 91.6 cm³/mol. The lowest BCUT2D eigenvalue weighted by molar-refractivity contribution is 0.375. The van der Waals surface area contributed by atoms with Gasteiger partial charge in [0.15, 0.2) is 5.82 Å². The first-order chi connectivity index (χ1) is 11.3. The molecule has 0 aliphatic carbocycles. The molecule has 8 nitrogen and oxygen atoms in total. The Morgan fingerprint density at radius 3 is 2.62 bits per heavy atom. The molecule has 0 fully saturated rings. The molecule has 130 valence electrons. The van der Waals surface area contributed by atoms with Crippen LogP contribution in [0.1, 0.15) is 11.4 Å². The summed E-state index contributed by atoms with van der Waals surface area (Å²) in [7, 11) is 1.40. The summed E-state index contributed by atoms with van der Waals surface area (Å²) in [5.74, 6) is 0.460. The number of hydrogen-bond acceptors (Lipinski definition) is 7. The van der Waals surface area contributed by atoms with E-state index in [0.29, 0.717) is 16.5 Å². The summed E-state index contributed by atoms with van der Waals surface area (Å²) in [6.07, 6.45) is 0. The van der Waals surface area contributed by atoms with E-state index in [1.807, 2.05) is 0 Å². The highest BCUT2D eigenvalue weighted by atomic mass is 35.5. The van der Waals surface area contributed by atoms with Crippen LogP contribution in [0.15, 0.2) is 24.3 Å². The average molecular weight is 372 g/mol. The van der Waals surface area contributed by atoms with Crippen LogP contribution in [0.2, 0.25) is 5.02 Å². The Morgan fingerprint density at radius 2 is 2.00 bits per heavy atom. The molecule has 1 heterocycles. The van der Waals surface area contributed by atoms with Crippen molar-refractivity contribution in [2.24, 2.45) is 0 Å². The van der Waals surface area contributed by atoms with E-state index in [2.05, 4.69) is 19.7 Å². The van der Waals surface area contributed by atoms with Gasteiger partial charge in [-0.1, -0.05) is 23.7 Å². The lowest BCUT2D eigenvalue weighted by atomic mass is 10.2. The first-order valence-corrected chi connectivity index (χ1v) is 9.00. The van der Waals surface area contributed by atoms with Gasteiger partial charge in [0.05, 0.1) is 19.4 Å². The maximum atomic E-state index is 12.2. The number of rotatable bonds is 7. The summed E-state index contributed by atoms with van der Waals surface area (Å²) in [5, 5.41) is 0.487. The van der Waals surface area contributed by atoms with Crippen LogP contribution in [0, 0.1) is 0 Å². The molecule has 0 saturated heterocycles. The van der Waals surface area contributed by atoms with Crippen LogP contribution in [0.3, 0.4) is 0 Å². The third-order valence-electron chi connectivity index (χ3n) is 2.93. The number of methoxy groups -OCH3 is 1. The van der Waals surface area contributed by atoms with E-state index in [0.717, 1.165) is 0 Å². The molecule has 0 amide bonds. The number of sulfonamides is 1. The van der Waals surface area contributed by atoms with E-state index in [9.17, 15) is 8.42 Å².